The van der Waals surface area contributed by atoms with Gasteiger partial charge >= 0.3 is 0 Å². The van der Waals surface area contributed by atoms with E-state index in [4.69, 9.17) is 4.74 Å². The van der Waals surface area contributed by atoms with Crippen molar-refractivity contribution < 1.29 is 9.53 Å². The van der Waals surface area contributed by atoms with Gasteiger partial charge in [-0.3, -0.25) is 4.79 Å². The second-order valence-electron chi connectivity index (χ2n) is 2.71. The van der Waals surface area contributed by atoms with Crippen LogP contribution >= 0.6 is 38.5 Å². The summed E-state index contributed by atoms with van der Waals surface area (Å²) in [6.45, 7) is 2.65. The van der Waals surface area contributed by atoms with Crippen molar-refractivity contribution in [3.63, 3.8) is 0 Å². The zero-order valence-corrected chi connectivity index (χ0v) is 11.4. The topological polar surface area (TPSA) is 26.3 Å². The number of rotatable bonds is 7. The first kappa shape index (κ1) is 13.4. The summed E-state index contributed by atoms with van der Waals surface area (Å²) in [6, 6.07) is 0. The monoisotopic (exact) mass is 360 g/mol. The van der Waals surface area contributed by atoms with Gasteiger partial charge in [0.15, 0.2) is 0 Å². The van der Waals surface area contributed by atoms with Crippen molar-refractivity contribution in [2.24, 2.45) is 0 Å². The highest BCUT2D eigenvalue weighted by Crippen LogP contribution is 2.24. The van der Waals surface area contributed by atoms with Crippen LogP contribution in [0.25, 0.3) is 0 Å². The Hall–Kier alpha value is 0.420. The van der Waals surface area contributed by atoms with Crippen molar-refractivity contribution >= 4 is 45.0 Å². The van der Waals surface area contributed by atoms with Crippen molar-refractivity contribution in [1.29, 1.82) is 0 Å². The van der Waals surface area contributed by atoms with Gasteiger partial charge in [0.05, 0.1) is 2.49 Å². The SMILES string of the molecule is CCCCCC/C(OC=O)=C(/Br)I. The summed E-state index contributed by atoms with van der Waals surface area (Å²) in [5.41, 5.74) is 0. The van der Waals surface area contributed by atoms with Gasteiger partial charge in [-0.25, -0.2) is 0 Å². The first-order chi connectivity index (χ1) is 6.22. The van der Waals surface area contributed by atoms with E-state index in [0.717, 1.165) is 21.1 Å². The molecule has 0 amide bonds. The van der Waals surface area contributed by atoms with Crippen molar-refractivity contribution in [3.05, 3.63) is 8.25 Å². The fraction of sp³-hybridized carbons (Fsp3) is 0.667. The van der Waals surface area contributed by atoms with Crippen LogP contribution in [0.5, 0.6) is 0 Å². The second kappa shape index (κ2) is 8.99. The van der Waals surface area contributed by atoms with Crippen LogP contribution in [0, 0.1) is 0 Å². The smallest absolute Gasteiger partial charge is 0.298 e. The summed E-state index contributed by atoms with van der Waals surface area (Å²) in [5.74, 6) is 0.742. The summed E-state index contributed by atoms with van der Waals surface area (Å²) in [4.78, 5) is 10.1. The van der Waals surface area contributed by atoms with E-state index in [2.05, 4.69) is 45.4 Å². The highest BCUT2D eigenvalue weighted by molar-refractivity contribution is 14.1. The van der Waals surface area contributed by atoms with Crippen LogP contribution < -0.4 is 0 Å². The fourth-order valence-corrected chi connectivity index (χ4v) is 1.66. The zero-order valence-electron chi connectivity index (χ0n) is 7.69. The quantitative estimate of drug-likeness (QED) is 0.295. The van der Waals surface area contributed by atoms with Crippen molar-refractivity contribution in [1.82, 2.24) is 0 Å². The molecule has 0 aliphatic heterocycles. The predicted molar refractivity (Wildman–Crippen MR) is 65.9 cm³/mol. The van der Waals surface area contributed by atoms with Gasteiger partial charge in [-0.05, 0) is 44.9 Å². The Morgan fingerprint density at radius 3 is 2.62 bits per heavy atom. The van der Waals surface area contributed by atoms with Gasteiger partial charge in [-0.15, -0.1) is 0 Å². The molecule has 0 N–H and O–H groups in total. The van der Waals surface area contributed by atoms with E-state index in [1.165, 1.54) is 19.3 Å². The minimum atomic E-state index is 0.481. The molecule has 13 heavy (non-hydrogen) atoms. The first-order valence-corrected chi connectivity index (χ1v) is 6.24. The molecule has 0 aliphatic carbocycles. The van der Waals surface area contributed by atoms with Crippen molar-refractivity contribution in [3.8, 4) is 0 Å². The first-order valence-electron chi connectivity index (χ1n) is 4.36. The highest BCUT2D eigenvalue weighted by Gasteiger charge is 2.02. The minimum Gasteiger partial charge on any atom is -0.432 e. The number of allylic oxidation sites excluding steroid dienone is 1. The van der Waals surface area contributed by atoms with E-state index in [9.17, 15) is 4.79 Å². The third-order valence-electron chi connectivity index (χ3n) is 1.66. The number of carbonyl (C=O) groups is 1. The third kappa shape index (κ3) is 7.49. The lowest BCUT2D eigenvalue weighted by atomic mass is 10.1. The molecule has 76 valence electrons. The Bertz CT molecular complexity index is 176. The standard InChI is InChI=1S/C9H14BrIO2/c1-2-3-4-5-6-8(9(10)11)13-7-12/h7H,2-6H2,1H3/b9-8+. The average Bonchev–Trinajstić information content (AvgIpc) is 2.10. The number of unbranched alkanes of at least 4 members (excludes halogenated alkanes) is 3. The molecule has 0 aliphatic rings. The normalized spacial score (nSPS) is 12.2. The van der Waals surface area contributed by atoms with Gasteiger partial charge < -0.3 is 4.74 Å². The Morgan fingerprint density at radius 1 is 1.46 bits per heavy atom. The minimum absolute atomic E-state index is 0.481. The Morgan fingerprint density at radius 2 is 2.15 bits per heavy atom. The predicted octanol–water partition coefficient (Wildman–Crippen LogP) is 4.13. The van der Waals surface area contributed by atoms with Crippen LogP contribution in [0.2, 0.25) is 0 Å². The van der Waals surface area contributed by atoms with E-state index in [0.29, 0.717) is 6.47 Å². The van der Waals surface area contributed by atoms with E-state index in [-0.39, 0.29) is 0 Å². The Kier molecular flexibility index (Phi) is 9.28. The summed E-state index contributed by atoms with van der Waals surface area (Å²) < 4.78 is 5.71. The molecule has 0 spiro atoms. The molecule has 0 aromatic heterocycles. The second-order valence-corrected chi connectivity index (χ2v) is 6.06. The molecule has 0 saturated heterocycles. The number of ether oxygens (including phenoxy) is 1. The number of hydrogen-bond acceptors (Lipinski definition) is 2. The maximum absolute atomic E-state index is 10.1. The lowest BCUT2D eigenvalue weighted by molar-refractivity contribution is -0.125. The van der Waals surface area contributed by atoms with E-state index >= 15 is 0 Å². The van der Waals surface area contributed by atoms with Crippen LogP contribution in [0.4, 0.5) is 0 Å². The molecule has 0 saturated carbocycles. The molecule has 0 bridgehead atoms. The molecular formula is C9H14BrIO2. The fourth-order valence-electron chi connectivity index (χ4n) is 0.968. The van der Waals surface area contributed by atoms with E-state index < -0.39 is 0 Å². The third-order valence-corrected chi connectivity index (χ3v) is 2.70. The maximum Gasteiger partial charge on any atom is 0.298 e. The summed E-state index contributed by atoms with van der Waals surface area (Å²) >= 11 is 5.39. The molecule has 0 atom stereocenters. The molecule has 0 aromatic carbocycles. The molecular weight excluding hydrogens is 347 g/mol. The summed E-state index contributed by atoms with van der Waals surface area (Å²) in [5, 5.41) is 0. The van der Waals surface area contributed by atoms with Crippen molar-refractivity contribution in [2.75, 3.05) is 0 Å². The summed E-state index contributed by atoms with van der Waals surface area (Å²) in [6.07, 6.45) is 5.57. The number of hydrogen-bond donors (Lipinski definition) is 0. The van der Waals surface area contributed by atoms with Crippen LogP contribution in [0.3, 0.4) is 0 Å². The van der Waals surface area contributed by atoms with Gasteiger partial charge in [0, 0.05) is 6.42 Å². The highest BCUT2D eigenvalue weighted by atomic mass is 127. The molecule has 0 fully saturated rings. The Balaban J connectivity index is 3.71. The van der Waals surface area contributed by atoms with Gasteiger partial charge in [0.25, 0.3) is 6.47 Å². The van der Waals surface area contributed by atoms with Gasteiger partial charge in [-0.1, -0.05) is 26.2 Å². The lowest BCUT2D eigenvalue weighted by Crippen LogP contribution is -1.91. The van der Waals surface area contributed by atoms with Gasteiger partial charge in [0.2, 0.25) is 0 Å². The van der Waals surface area contributed by atoms with Gasteiger partial charge in [0.1, 0.15) is 5.76 Å². The molecule has 4 heteroatoms. The Labute approximate surface area is 101 Å². The number of carbonyl (C=O) groups excluding carboxylic acids is 1. The summed E-state index contributed by atoms with van der Waals surface area (Å²) in [7, 11) is 0. The molecule has 0 unspecified atom stereocenters. The zero-order chi connectivity index (χ0) is 10.1. The molecule has 0 rings (SSSR count). The average molecular weight is 361 g/mol. The van der Waals surface area contributed by atoms with E-state index in [1.807, 2.05) is 0 Å². The molecule has 0 radical (unpaired) electrons. The van der Waals surface area contributed by atoms with Crippen LogP contribution in [0.1, 0.15) is 39.0 Å². The molecule has 2 nitrogen and oxygen atoms in total. The molecule has 0 aromatic rings. The van der Waals surface area contributed by atoms with Crippen LogP contribution in [-0.4, -0.2) is 6.47 Å². The van der Waals surface area contributed by atoms with Gasteiger partial charge in [-0.2, -0.15) is 0 Å². The lowest BCUT2D eigenvalue weighted by Gasteiger charge is -2.04. The van der Waals surface area contributed by atoms with E-state index in [1.54, 1.807) is 0 Å². The maximum atomic E-state index is 10.1. The number of halogens is 2. The van der Waals surface area contributed by atoms with Crippen LogP contribution in [0.15, 0.2) is 8.25 Å². The van der Waals surface area contributed by atoms with Crippen LogP contribution in [-0.2, 0) is 9.53 Å². The van der Waals surface area contributed by atoms with Crippen molar-refractivity contribution in [2.45, 2.75) is 39.0 Å². The molecule has 0 heterocycles. The largest absolute Gasteiger partial charge is 0.432 e.